The number of carboxylic acids is 1. The molecule has 0 unspecified atom stereocenters. The molecular formula is C25H33NO6. The van der Waals surface area contributed by atoms with Gasteiger partial charge in [0.15, 0.2) is 6.10 Å². The molecule has 32 heavy (non-hydrogen) atoms. The number of ether oxygens (including phenoxy) is 1. The van der Waals surface area contributed by atoms with E-state index < -0.39 is 12.1 Å². The Morgan fingerprint density at radius 3 is 2.59 bits per heavy atom. The summed E-state index contributed by atoms with van der Waals surface area (Å²) in [4.78, 5) is 35.8. The second kappa shape index (κ2) is 10.7. The second-order valence-electron chi connectivity index (χ2n) is 8.89. The first kappa shape index (κ1) is 23.8. The molecule has 1 amide bonds. The van der Waals surface area contributed by atoms with E-state index in [0.717, 1.165) is 48.6 Å². The van der Waals surface area contributed by atoms with E-state index in [1.54, 1.807) is 6.92 Å². The highest BCUT2D eigenvalue weighted by Gasteiger charge is 2.27. The first-order valence-electron chi connectivity index (χ1n) is 11.5. The van der Waals surface area contributed by atoms with Crippen LogP contribution in [0, 0.1) is 18.8 Å². The number of hydrogen-bond donors (Lipinski definition) is 2. The molecular weight excluding hydrogens is 410 g/mol. The van der Waals surface area contributed by atoms with Gasteiger partial charge in [0.05, 0.1) is 11.3 Å². The van der Waals surface area contributed by atoms with Crippen LogP contribution in [0.25, 0.3) is 11.0 Å². The molecule has 2 N–H and O–H groups in total. The maximum Gasteiger partial charge on any atom is 0.336 e. The van der Waals surface area contributed by atoms with Gasteiger partial charge in [0.2, 0.25) is 0 Å². The molecule has 1 heterocycles. The summed E-state index contributed by atoms with van der Waals surface area (Å²) < 4.78 is 11.5. The third-order valence-electron chi connectivity index (χ3n) is 6.27. The third kappa shape index (κ3) is 5.90. The van der Waals surface area contributed by atoms with Gasteiger partial charge in [-0.2, -0.15) is 0 Å². The van der Waals surface area contributed by atoms with Crippen LogP contribution in [-0.4, -0.2) is 29.6 Å². The van der Waals surface area contributed by atoms with E-state index in [1.165, 1.54) is 6.07 Å². The molecule has 174 valence electrons. The number of rotatable bonds is 9. The monoisotopic (exact) mass is 443 g/mol. The molecule has 0 saturated heterocycles. The van der Waals surface area contributed by atoms with Crippen molar-refractivity contribution >= 4 is 22.8 Å². The van der Waals surface area contributed by atoms with Crippen LogP contribution in [0.2, 0.25) is 0 Å². The van der Waals surface area contributed by atoms with Crippen molar-refractivity contribution in [3.63, 3.8) is 0 Å². The SMILES string of the molecule is CCCCc1cc(=O)oc2cc(C)cc(O[C@H](C)C(=O)NCC3CCC(C(=O)O)CC3)c12. The maximum absolute atomic E-state index is 12.7. The highest BCUT2D eigenvalue weighted by molar-refractivity contribution is 5.88. The van der Waals surface area contributed by atoms with Crippen molar-refractivity contribution < 1.29 is 23.8 Å². The lowest BCUT2D eigenvalue weighted by Crippen LogP contribution is -2.39. The van der Waals surface area contributed by atoms with E-state index in [-0.39, 0.29) is 23.4 Å². The van der Waals surface area contributed by atoms with Crippen molar-refractivity contribution in [2.75, 3.05) is 6.54 Å². The van der Waals surface area contributed by atoms with Crippen LogP contribution in [0.1, 0.15) is 63.5 Å². The smallest absolute Gasteiger partial charge is 0.336 e. The van der Waals surface area contributed by atoms with E-state index in [1.807, 2.05) is 19.1 Å². The minimum absolute atomic E-state index is 0.215. The Balaban J connectivity index is 1.69. The number of carbonyl (C=O) groups excluding carboxylic acids is 1. The lowest BCUT2D eigenvalue weighted by atomic mass is 9.82. The lowest BCUT2D eigenvalue weighted by molar-refractivity contribution is -0.143. The van der Waals surface area contributed by atoms with Crippen molar-refractivity contribution in [1.82, 2.24) is 5.32 Å². The summed E-state index contributed by atoms with van der Waals surface area (Å²) in [6.45, 7) is 6.21. The van der Waals surface area contributed by atoms with Crippen LogP contribution < -0.4 is 15.7 Å². The van der Waals surface area contributed by atoms with E-state index >= 15 is 0 Å². The Hall–Kier alpha value is -2.83. The average Bonchev–Trinajstić information content (AvgIpc) is 2.75. The number of aryl methyl sites for hydroxylation is 2. The molecule has 1 aromatic carbocycles. The number of unbranched alkanes of at least 4 members (excludes halogenated alkanes) is 1. The number of carbonyl (C=O) groups is 2. The summed E-state index contributed by atoms with van der Waals surface area (Å²) in [6, 6.07) is 5.20. The standard InChI is InChI=1S/C25H33NO6/c1-4-5-6-19-13-22(27)32-21-12-15(2)11-20(23(19)21)31-16(3)24(28)26-14-17-7-9-18(10-8-17)25(29)30/h11-13,16-18H,4-10,14H2,1-3H3,(H,26,28)(H,29,30)/t16-,17?,18?/m1/s1. The number of amides is 1. The molecule has 7 heteroatoms. The summed E-state index contributed by atoms with van der Waals surface area (Å²) in [7, 11) is 0. The number of benzene rings is 1. The van der Waals surface area contributed by atoms with Crippen LogP contribution in [0.15, 0.2) is 27.4 Å². The number of nitrogens with one attached hydrogen (secondary N) is 1. The number of carboxylic acid groups (broad SMARTS) is 1. The van der Waals surface area contributed by atoms with Crippen molar-refractivity contribution in [3.05, 3.63) is 39.7 Å². The molecule has 2 aromatic rings. The molecule has 1 fully saturated rings. The maximum atomic E-state index is 12.7. The second-order valence-corrected chi connectivity index (χ2v) is 8.89. The Morgan fingerprint density at radius 2 is 1.94 bits per heavy atom. The Labute approximate surface area is 188 Å². The fourth-order valence-corrected chi connectivity index (χ4v) is 4.37. The minimum Gasteiger partial charge on any atom is -0.481 e. The highest BCUT2D eigenvalue weighted by atomic mass is 16.5. The molecule has 0 spiro atoms. The van der Waals surface area contributed by atoms with E-state index in [9.17, 15) is 14.4 Å². The van der Waals surface area contributed by atoms with Gasteiger partial charge in [0.25, 0.3) is 5.91 Å². The van der Waals surface area contributed by atoms with E-state index in [2.05, 4.69) is 12.2 Å². The summed E-state index contributed by atoms with van der Waals surface area (Å²) in [5, 5.41) is 12.8. The van der Waals surface area contributed by atoms with Crippen LogP contribution in [0.3, 0.4) is 0 Å². The molecule has 0 aliphatic heterocycles. The Bertz CT molecular complexity index is 1020. The van der Waals surface area contributed by atoms with Gasteiger partial charge in [-0.05, 0) is 81.5 Å². The lowest BCUT2D eigenvalue weighted by Gasteiger charge is -2.26. The molecule has 1 aromatic heterocycles. The summed E-state index contributed by atoms with van der Waals surface area (Å²) in [5.41, 5.74) is 1.84. The number of fused-ring (bicyclic) bond motifs is 1. The first-order valence-corrected chi connectivity index (χ1v) is 11.5. The first-order chi connectivity index (χ1) is 15.3. The number of hydrogen-bond acceptors (Lipinski definition) is 5. The minimum atomic E-state index is -0.728. The van der Waals surface area contributed by atoms with Crippen LogP contribution in [-0.2, 0) is 16.0 Å². The van der Waals surface area contributed by atoms with Gasteiger partial charge in [0.1, 0.15) is 11.3 Å². The average molecular weight is 444 g/mol. The zero-order chi connectivity index (χ0) is 23.3. The molecule has 1 saturated carbocycles. The predicted octanol–water partition coefficient (Wildman–Crippen LogP) is 4.22. The van der Waals surface area contributed by atoms with E-state index in [0.29, 0.717) is 30.7 Å². The summed E-state index contributed by atoms with van der Waals surface area (Å²) in [5.74, 6) is -0.377. The van der Waals surface area contributed by atoms with Gasteiger partial charge in [-0.15, -0.1) is 0 Å². The topological polar surface area (TPSA) is 106 Å². The zero-order valence-corrected chi connectivity index (χ0v) is 19.1. The van der Waals surface area contributed by atoms with Crippen molar-refractivity contribution in [3.8, 4) is 5.75 Å². The molecule has 1 aliphatic carbocycles. The van der Waals surface area contributed by atoms with Crippen LogP contribution in [0.5, 0.6) is 5.75 Å². The fraction of sp³-hybridized carbons (Fsp3) is 0.560. The summed E-state index contributed by atoms with van der Waals surface area (Å²) in [6.07, 6.45) is 4.86. The van der Waals surface area contributed by atoms with Crippen LogP contribution in [0.4, 0.5) is 0 Å². The highest BCUT2D eigenvalue weighted by Crippen LogP contribution is 2.32. The molecule has 1 aliphatic rings. The van der Waals surface area contributed by atoms with Crippen molar-refractivity contribution in [1.29, 1.82) is 0 Å². The number of aliphatic carboxylic acids is 1. The molecule has 3 rings (SSSR count). The van der Waals surface area contributed by atoms with Gasteiger partial charge in [-0.3, -0.25) is 9.59 Å². The normalized spacial score (nSPS) is 19.5. The van der Waals surface area contributed by atoms with Gasteiger partial charge >= 0.3 is 11.6 Å². The fourth-order valence-electron chi connectivity index (χ4n) is 4.37. The molecule has 7 nitrogen and oxygen atoms in total. The summed E-state index contributed by atoms with van der Waals surface area (Å²) >= 11 is 0. The van der Waals surface area contributed by atoms with Crippen molar-refractivity contribution in [2.24, 2.45) is 11.8 Å². The largest absolute Gasteiger partial charge is 0.481 e. The van der Waals surface area contributed by atoms with Gasteiger partial charge in [-0.1, -0.05) is 13.3 Å². The Morgan fingerprint density at radius 1 is 1.22 bits per heavy atom. The van der Waals surface area contributed by atoms with Gasteiger partial charge in [-0.25, -0.2) is 4.79 Å². The quantitative estimate of drug-likeness (QED) is 0.562. The Kier molecular flexibility index (Phi) is 7.94. The zero-order valence-electron chi connectivity index (χ0n) is 19.1. The third-order valence-corrected chi connectivity index (χ3v) is 6.27. The molecule has 1 atom stereocenters. The van der Waals surface area contributed by atoms with Crippen molar-refractivity contribution in [2.45, 2.75) is 71.8 Å². The van der Waals surface area contributed by atoms with Gasteiger partial charge < -0.3 is 19.6 Å². The molecule has 0 bridgehead atoms. The van der Waals surface area contributed by atoms with Gasteiger partial charge in [0, 0.05) is 12.6 Å². The van der Waals surface area contributed by atoms with Crippen LogP contribution >= 0.6 is 0 Å². The molecule has 0 radical (unpaired) electrons. The predicted molar refractivity (Wildman–Crippen MR) is 122 cm³/mol. The van der Waals surface area contributed by atoms with E-state index in [4.69, 9.17) is 14.3 Å².